The molecule has 0 unspecified atom stereocenters. The molecule has 0 aliphatic heterocycles. The fourth-order valence-electron chi connectivity index (χ4n) is 0.800. The van der Waals surface area contributed by atoms with E-state index in [-0.39, 0.29) is 0 Å². The highest BCUT2D eigenvalue weighted by Crippen LogP contribution is 2.33. The third-order valence-electron chi connectivity index (χ3n) is 1.34. The molecule has 2 aromatic heterocycles. The highest BCUT2D eigenvalue weighted by atomic mass is 35.5. The molecular formula is C8H5ClN2S2. The number of pyridine rings is 1. The normalized spacial score (nSPS) is 10.2. The van der Waals surface area contributed by atoms with Gasteiger partial charge in [0.15, 0.2) is 4.34 Å². The van der Waals surface area contributed by atoms with E-state index in [0.29, 0.717) is 5.02 Å². The Labute approximate surface area is 89.0 Å². The van der Waals surface area contributed by atoms with Gasteiger partial charge in [-0.2, -0.15) is 0 Å². The summed E-state index contributed by atoms with van der Waals surface area (Å²) in [6.07, 6.45) is 5.14. The zero-order chi connectivity index (χ0) is 9.10. The monoisotopic (exact) mass is 228 g/mol. The number of thiazole rings is 1. The smallest absolute Gasteiger partial charge is 0.154 e. The molecule has 0 atom stereocenters. The second kappa shape index (κ2) is 4.09. The maximum Gasteiger partial charge on any atom is 0.154 e. The van der Waals surface area contributed by atoms with Crippen LogP contribution in [-0.4, -0.2) is 9.97 Å². The summed E-state index contributed by atoms with van der Waals surface area (Å²) in [6.45, 7) is 0. The zero-order valence-electron chi connectivity index (χ0n) is 6.48. The molecule has 2 rings (SSSR count). The minimum atomic E-state index is 0.669. The maximum atomic E-state index is 5.93. The third-order valence-corrected chi connectivity index (χ3v) is 3.71. The van der Waals surface area contributed by atoms with Crippen molar-refractivity contribution in [2.75, 3.05) is 0 Å². The van der Waals surface area contributed by atoms with Crippen molar-refractivity contribution in [2.24, 2.45) is 0 Å². The Morgan fingerprint density at radius 2 is 2.31 bits per heavy atom. The average molecular weight is 229 g/mol. The van der Waals surface area contributed by atoms with Crippen LogP contribution in [0.3, 0.4) is 0 Å². The van der Waals surface area contributed by atoms with Crippen molar-refractivity contribution in [2.45, 2.75) is 9.24 Å². The lowest BCUT2D eigenvalue weighted by atomic mass is 10.5. The zero-order valence-corrected chi connectivity index (χ0v) is 8.86. The molecule has 0 aliphatic rings. The van der Waals surface area contributed by atoms with Crippen molar-refractivity contribution >= 4 is 34.7 Å². The molecule has 0 saturated heterocycles. The lowest BCUT2D eigenvalue weighted by Gasteiger charge is -1.98. The van der Waals surface area contributed by atoms with Gasteiger partial charge in [-0.1, -0.05) is 23.4 Å². The Kier molecular flexibility index (Phi) is 2.83. The quantitative estimate of drug-likeness (QED) is 0.789. The van der Waals surface area contributed by atoms with Gasteiger partial charge < -0.3 is 0 Å². The minimum Gasteiger partial charge on any atom is -0.263 e. The Bertz CT molecular complexity index is 389. The standard InChI is InChI=1S/C8H5ClN2S2/c9-6-5-10-2-1-7(6)13-8-11-3-4-12-8/h1-5H. The molecule has 5 heteroatoms. The summed E-state index contributed by atoms with van der Waals surface area (Å²) in [4.78, 5) is 9.06. The predicted octanol–water partition coefficient (Wildman–Crippen LogP) is 3.34. The first-order valence-corrected chi connectivity index (χ1v) is 5.60. The first-order valence-electron chi connectivity index (χ1n) is 3.53. The van der Waals surface area contributed by atoms with Crippen molar-refractivity contribution in [3.8, 4) is 0 Å². The number of halogens is 1. The molecule has 0 aliphatic carbocycles. The molecule has 2 aromatic rings. The predicted molar refractivity (Wildman–Crippen MR) is 55.5 cm³/mol. The van der Waals surface area contributed by atoms with E-state index in [1.165, 1.54) is 0 Å². The summed E-state index contributed by atoms with van der Waals surface area (Å²) in [5, 5.41) is 2.61. The molecule has 0 saturated carbocycles. The van der Waals surface area contributed by atoms with E-state index in [2.05, 4.69) is 9.97 Å². The van der Waals surface area contributed by atoms with Crippen LogP contribution in [0.2, 0.25) is 5.02 Å². The second-order valence-electron chi connectivity index (χ2n) is 2.21. The Hall–Kier alpha value is -0.580. The van der Waals surface area contributed by atoms with Crippen LogP contribution in [0.25, 0.3) is 0 Å². The highest BCUT2D eigenvalue weighted by Gasteiger charge is 2.03. The van der Waals surface area contributed by atoms with E-state index in [9.17, 15) is 0 Å². The first-order chi connectivity index (χ1) is 6.36. The molecule has 0 amide bonds. The maximum absolute atomic E-state index is 5.93. The van der Waals surface area contributed by atoms with E-state index in [4.69, 9.17) is 11.6 Å². The van der Waals surface area contributed by atoms with Crippen molar-refractivity contribution in [1.29, 1.82) is 0 Å². The van der Waals surface area contributed by atoms with Gasteiger partial charge >= 0.3 is 0 Å². The Morgan fingerprint density at radius 3 is 3.00 bits per heavy atom. The fourth-order valence-corrected chi connectivity index (χ4v) is 2.60. The number of nitrogens with zero attached hydrogens (tertiary/aromatic N) is 2. The van der Waals surface area contributed by atoms with Crippen LogP contribution in [0.5, 0.6) is 0 Å². The van der Waals surface area contributed by atoms with Crippen LogP contribution in [0.15, 0.2) is 39.3 Å². The minimum absolute atomic E-state index is 0.669. The molecule has 0 spiro atoms. The Morgan fingerprint density at radius 1 is 1.38 bits per heavy atom. The number of hydrogen-bond acceptors (Lipinski definition) is 4. The summed E-state index contributed by atoms with van der Waals surface area (Å²) in [5.74, 6) is 0. The van der Waals surface area contributed by atoms with Crippen LogP contribution >= 0.6 is 34.7 Å². The molecule has 0 bridgehead atoms. The van der Waals surface area contributed by atoms with Gasteiger partial charge in [-0.15, -0.1) is 11.3 Å². The molecule has 66 valence electrons. The van der Waals surface area contributed by atoms with Crippen LogP contribution in [0.4, 0.5) is 0 Å². The van der Waals surface area contributed by atoms with E-state index in [1.807, 2.05) is 11.4 Å². The molecule has 2 heterocycles. The molecule has 2 nitrogen and oxygen atoms in total. The molecule has 0 N–H and O–H groups in total. The third kappa shape index (κ3) is 2.21. The lowest BCUT2D eigenvalue weighted by molar-refractivity contribution is 1.23. The summed E-state index contributed by atoms with van der Waals surface area (Å²) in [5.41, 5.74) is 0. The van der Waals surface area contributed by atoms with Crippen LogP contribution in [0.1, 0.15) is 0 Å². The fraction of sp³-hybridized carbons (Fsp3) is 0. The number of rotatable bonds is 2. The van der Waals surface area contributed by atoms with Gasteiger partial charge in [-0.05, 0) is 6.07 Å². The van der Waals surface area contributed by atoms with E-state index < -0.39 is 0 Å². The largest absolute Gasteiger partial charge is 0.263 e. The van der Waals surface area contributed by atoms with Crippen LogP contribution < -0.4 is 0 Å². The van der Waals surface area contributed by atoms with Gasteiger partial charge in [-0.3, -0.25) is 4.98 Å². The second-order valence-corrected chi connectivity index (χ2v) is 4.80. The summed E-state index contributed by atoms with van der Waals surface area (Å²) in [7, 11) is 0. The summed E-state index contributed by atoms with van der Waals surface area (Å²) < 4.78 is 0.994. The van der Waals surface area contributed by atoms with Crippen molar-refractivity contribution in [3.63, 3.8) is 0 Å². The van der Waals surface area contributed by atoms with Crippen molar-refractivity contribution < 1.29 is 0 Å². The highest BCUT2D eigenvalue weighted by molar-refractivity contribution is 8.01. The van der Waals surface area contributed by atoms with Crippen LogP contribution in [0, 0.1) is 0 Å². The van der Waals surface area contributed by atoms with Crippen molar-refractivity contribution in [1.82, 2.24) is 9.97 Å². The lowest BCUT2D eigenvalue weighted by Crippen LogP contribution is -1.76. The average Bonchev–Trinajstić information content (AvgIpc) is 2.61. The molecule has 13 heavy (non-hydrogen) atoms. The topological polar surface area (TPSA) is 25.8 Å². The van der Waals surface area contributed by atoms with E-state index in [1.54, 1.807) is 41.7 Å². The van der Waals surface area contributed by atoms with E-state index in [0.717, 1.165) is 9.24 Å². The van der Waals surface area contributed by atoms with Gasteiger partial charge in [-0.25, -0.2) is 4.98 Å². The number of aromatic nitrogens is 2. The van der Waals surface area contributed by atoms with Gasteiger partial charge in [0.05, 0.1) is 5.02 Å². The van der Waals surface area contributed by atoms with E-state index >= 15 is 0 Å². The molecule has 0 radical (unpaired) electrons. The van der Waals surface area contributed by atoms with Gasteiger partial charge in [0.25, 0.3) is 0 Å². The molecule has 0 fully saturated rings. The summed E-state index contributed by atoms with van der Waals surface area (Å²) >= 11 is 9.09. The van der Waals surface area contributed by atoms with Gasteiger partial charge in [0.1, 0.15) is 0 Å². The van der Waals surface area contributed by atoms with Gasteiger partial charge in [0.2, 0.25) is 0 Å². The number of hydrogen-bond donors (Lipinski definition) is 0. The molecular weight excluding hydrogens is 224 g/mol. The summed E-state index contributed by atoms with van der Waals surface area (Å²) in [6, 6.07) is 1.88. The van der Waals surface area contributed by atoms with Crippen LogP contribution in [-0.2, 0) is 0 Å². The van der Waals surface area contributed by atoms with Crippen molar-refractivity contribution in [3.05, 3.63) is 35.1 Å². The SMILES string of the molecule is Clc1cnccc1Sc1nccs1. The Balaban J connectivity index is 2.24. The molecule has 0 aromatic carbocycles. The van der Waals surface area contributed by atoms with Gasteiger partial charge in [0, 0.05) is 28.9 Å². The first kappa shape index (κ1) is 8.99.